The van der Waals surface area contributed by atoms with E-state index in [0.29, 0.717) is 11.1 Å². The third kappa shape index (κ3) is 5.00. The molecular formula is C38H27N3O. The highest BCUT2D eigenvalue weighted by molar-refractivity contribution is 6.13. The first-order valence-electron chi connectivity index (χ1n) is 13.7. The maximum Gasteiger partial charge on any atom is 0.101 e. The molecule has 0 aliphatic carbocycles. The van der Waals surface area contributed by atoms with Gasteiger partial charge in [0.25, 0.3) is 0 Å². The second kappa shape index (κ2) is 11.4. The summed E-state index contributed by atoms with van der Waals surface area (Å²) in [4.78, 5) is 2.19. The Morgan fingerprint density at radius 1 is 0.595 bits per heavy atom. The van der Waals surface area contributed by atoms with E-state index in [1.165, 1.54) is 0 Å². The number of aliphatic hydroxyl groups excluding tert-OH is 1. The molecule has 4 heteroatoms. The van der Waals surface area contributed by atoms with Crippen LogP contribution in [0.1, 0.15) is 33.4 Å². The van der Waals surface area contributed by atoms with E-state index in [0.717, 1.165) is 60.9 Å². The summed E-state index contributed by atoms with van der Waals surface area (Å²) in [7, 11) is 0. The molecule has 1 N–H and O–H groups in total. The molecule has 0 heterocycles. The SMILES string of the molecule is Cc1ccc2c(C#N)c(C#N)c3ccc(/C=C\c4ccc(N(c5ccccc5)c5ccc(CO)cc5)cc4)cc3c2c1. The number of fused-ring (bicyclic) bond motifs is 3. The van der Waals surface area contributed by atoms with Gasteiger partial charge >= 0.3 is 0 Å². The lowest BCUT2D eigenvalue weighted by atomic mass is 9.91. The van der Waals surface area contributed by atoms with Crippen LogP contribution in [0.5, 0.6) is 0 Å². The smallest absolute Gasteiger partial charge is 0.101 e. The van der Waals surface area contributed by atoms with E-state index in [1.54, 1.807) is 0 Å². The van der Waals surface area contributed by atoms with Crippen LogP contribution in [0.2, 0.25) is 0 Å². The third-order valence-corrected chi connectivity index (χ3v) is 7.53. The van der Waals surface area contributed by atoms with Crippen molar-refractivity contribution in [2.24, 2.45) is 0 Å². The first-order chi connectivity index (χ1) is 20.6. The van der Waals surface area contributed by atoms with Gasteiger partial charge in [0, 0.05) is 27.8 Å². The lowest BCUT2D eigenvalue weighted by molar-refractivity contribution is 0.282. The maximum atomic E-state index is 9.88. The van der Waals surface area contributed by atoms with E-state index < -0.39 is 0 Å². The number of hydrogen-bond acceptors (Lipinski definition) is 4. The molecule has 0 bridgehead atoms. The number of anilines is 3. The summed E-state index contributed by atoms with van der Waals surface area (Å²) in [6, 6.07) is 43.1. The minimum atomic E-state index is 0.0140. The van der Waals surface area contributed by atoms with Crippen molar-refractivity contribution in [3.8, 4) is 12.1 Å². The van der Waals surface area contributed by atoms with Gasteiger partial charge in [-0.1, -0.05) is 90.5 Å². The van der Waals surface area contributed by atoms with Gasteiger partial charge in [-0.25, -0.2) is 0 Å². The highest BCUT2D eigenvalue weighted by atomic mass is 16.3. The Bertz CT molecular complexity index is 2030. The Morgan fingerprint density at radius 2 is 1.12 bits per heavy atom. The average Bonchev–Trinajstić information content (AvgIpc) is 3.04. The summed E-state index contributed by atoms with van der Waals surface area (Å²) in [6.45, 7) is 2.05. The molecule has 0 atom stereocenters. The quantitative estimate of drug-likeness (QED) is 0.169. The molecule has 6 rings (SSSR count). The van der Waals surface area contributed by atoms with Crippen LogP contribution in [0.4, 0.5) is 17.1 Å². The van der Waals surface area contributed by atoms with Crippen LogP contribution in [-0.2, 0) is 6.61 Å². The second-order valence-electron chi connectivity index (χ2n) is 10.2. The molecule has 0 amide bonds. The number of nitriles is 2. The van der Waals surface area contributed by atoms with E-state index in [9.17, 15) is 15.6 Å². The van der Waals surface area contributed by atoms with Crippen molar-refractivity contribution in [3.05, 3.63) is 149 Å². The fourth-order valence-corrected chi connectivity index (χ4v) is 5.41. The van der Waals surface area contributed by atoms with Gasteiger partial charge in [0.1, 0.15) is 12.1 Å². The molecule has 0 radical (unpaired) electrons. The van der Waals surface area contributed by atoms with Gasteiger partial charge in [-0.05, 0) is 76.9 Å². The summed E-state index contributed by atoms with van der Waals surface area (Å²) in [6.07, 6.45) is 4.15. The van der Waals surface area contributed by atoms with Crippen LogP contribution in [0, 0.1) is 29.6 Å². The Hall–Kier alpha value is -5.68. The van der Waals surface area contributed by atoms with Gasteiger partial charge in [0.05, 0.1) is 17.7 Å². The first-order valence-corrected chi connectivity index (χ1v) is 13.7. The fraction of sp³-hybridized carbons (Fsp3) is 0.0526. The van der Waals surface area contributed by atoms with E-state index in [1.807, 2.05) is 73.7 Å². The van der Waals surface area contributed by atoms with E-state index in [4.69, 9.17) is 0 Å². The number of nitrogens with zero attached hydrogens (tertiary/aromatic N) is 3. The van der Waals surface area contributed by atoms with Crippen LogP contribution in [0.15, 0.2) is 115 Å². The Labute approximate surface area is 245 Å². The topological polar surface area (TPSA) is 71.0 Å². The second-order valence-corrected chi connectivity index (χ2v) is 10.2. The Morgan fingerprint density at radius 3 is 1.74 bits per heavy atom. The number of benzene rings is 6. The minimum absolute atomic E-state index is 0.0140. The van der Waals surface area contributed by atoms with Crippen molar-refractivity contribution < 1.29 is 5.11 Å². The van der Waals surface area contributed by atoms with Crippen molar-refractivity contribution in [3.63, 3.8) is 0 Å². The summed E-state index contributed by atoms with van der Waals surface area (Å²) in [5.41, 5.74) is 7.98. The predicted octanol–water partition coefficient (Wildman–Crippen LogP) is 9.18. The molecule has 0 aliphatic heterocycles. The zero-order valence-electron chi connectivity index (χ0n) is 23.1. The molecule has 0 aliphatic rings. The Kier molecular flexibility index (Phi) is 7.22. The number of rotatable bonds is 6. The molecule has 0 saturated carbocycles. The number of aliphatic hydroxyl groups is 1. The first kappa shape index (κ1) is 26.5. The van der Waals surface area contributed by atoms with Crippen LogP contribution < -0.4 is 4.90 Å². The van der Waals surface area contributed by atoms with Crippen LogP contribution in [0.3, 0.4) is 0 Å². The van der Waals surface area contributed by atoms with E-state index in [2.05, 4.69) is 77.7 Å². The van der Waals surface area contributed by atoms with E-state index >= 15 is 0 Å². The van der Waals surface area contributed by atoms with E-state index in [-0.39, 0.29) is 6.61 Å². The number of aryl methyl sites for hydroxylation is 1. The third-order valence-electron chi connectivity index (χ3n) is 7.53. The van der Waals surface area contributed by atoms with Crippen molar-refractivity contribution in [2.45, 2.75) is 13.5 Å². The zero-order valence-corrected chi connectivity index (χ0v) is 23.1. The van der Waals surface area contributed by atoms with Crippen molar-refractivity contribution in [1.29, 1.82) is 10.5 Å². The average molecular weight is 542 g/mol. The maximum absolute atomic E-state index is 9.88. The molecule has 0 fully saturated rings. The van der Waals surface area contributed by atoms with Gasteiger partial charge in [0.15, 0.2) is 0 Å². The van der Waals surface area contributed by atoms with Gasteiger partial charge in [-0.3, -0.25) is 0 Å². The molecule has 6 aromatic carbocycles. The lowest BCUT2D eigenvalue weighted by Crippen LogP contribution is -2.09. The van der Waals surface area contributed by atoms with Gasteiger partial charge in [0.2, 0.25) is 0 Å². The van der Waals surface area contributed by atoms with Crippen LogP contribution in [-0.4, -0.2) is 5.11 Å². The molecule has 4 nitrogen and oxygen atoms in total. The summed E-state index contributed by atoms with van der Waals surface area (Å²) in [5.74, 6) is 0. The summed E-state index contributed by atoms with van der Waals surface area (Å²) in [5, 5.41) is 32.7. The van der Waals surface area contributed by atoms with Crippen LogP contribution >= 0.6 is 0 Å². The van der Waals surface area contributed by atoms with Gasteiger partial charge in [-0.2, -0.15) is 10.5 Å². The Balaban J connectivity index is 1.35. The fourth-order valence-electron chi connectivity index (χ4n) is 5.41. The molecular weight excluding hydrogens is 514 g/mol. The molecule has 0 aromatic heterocycles. The van der Waals surface area contributed by atoms with Crippen molar-refractivity contribution >= 4 is 50.8 Å². The number of para-hydroxylation sites is 1. The standard InChI is InChI=1S/C38H27N3O/c1-26-7-19-33-35(21-26)36-22-28(14-20-34(36)38(24-40)37(33)23-39)9-8-27-10-15-31(16-11-27)41(30-5-3-2-4-6-30)32-17-12-29(25-42)13-18-32/h2-22,42H,25H2,1H3/b9-8-. The summed E-state index contributed by atoms with van der Waals surface area (Å²) >= 11 is 0. The van der Waals surface area contributed by atoms with Crippen molar-refractivity contribution in [1.82, 2.24) is 0 Å². The molecule has 42 heavy (non-hydrogen) atoms. The normalized spacial score (nSPS) is 11.0. The number of hydrogen-bond donors (Lipinski definition) is 1. The minimum Gasteiger partial charge on any atom is -0.392 e. The molecule has 6 aromatic rings. The lowest BCUT2D eigenvalue weighted by Gasteiger charge is -2.25. The largest absolute Gasteiger partial charge is 0.392 e. The zero-order chi connectivity index (χ0) is 29.1. The molecule has 0 spiro atoms. The molecule has 0 saturated heterocycles. The molecule has 0 unspecified atom stereocenters. The monoisotopic (exact) mass is 541 g/mol. The highest BCUT2D eigenvalue weighted by Crippen LogP contribution is 2.36. The molecule has 200 valence electrons. The highest BCUT2D eigenvalue weighted by Gasteiger charge is 2.15. The van der Waals surface area contributed by atoms with Crippen molar-refractivity contribution in [2.75, 3.05) is 4.90 Å². The van der Waals surface area contributed by atoms with Gasteiger partial charge < -0.3 is 10.0 Å². The van der Waals surface area contributed by atoms with Crippen LogP contribution in [0.25, 0.3) is 33.7 Å². The summed E-state index contributed by atoms with van der Waals surface area (Å²) < 4.78 is 0. The van der Waals surface area contributed by atoms with Gasteiger partial charge in [-0.15, -0.1) is 0 Å². The predicted molar refractivity (Wildman–Crippen MR) is 172 cm³/mol.